The summed E-state index contributed by atoms with van der Waals surface area (Å²) in [6.07, 6.45) is 0. The predicted octanol–water partition coefficient (Wildman–Crippen LogP) is 4.24. The van der Waals surface area contributed by atoms with Crippen LogP contribution in [0, 0.1) is 5.92 Å². The molecule has 0 saturated carbocycles. The number of fused-ring (bicyclic) bond motifs is 1. The second kappa shape index (κ2) is 10.1. The highest BCUT2D eigenvalue weighted by molar-refractivity contribution is 6.05. The van der Waals surface area contributed by atoms with Gasteiger partial charge in [0.05, 0.1) is 31.0 Å². The summed E-state index contributed by atoms with van der Waals surface area (Å²) < 4.78 is 16.0. The summed E-state index contributed by atoms with van der Waals surface area (Å²) >= 11 is 0. The molecule has 32 heavy (non-hydrogen) atoms. The summed E-state index contributed by atoms with van der Waals surface area (Å²) in [5, 5.41) is 3.48. The maximum absolute atomic E-state index is 12.9. The molecule has 1 heterocycles. The molecule has 1 unspecified atom stereocenters. The first kappa shape index (κ1) is 23.1. The Hall–Kier alpha value is -3.61. The van der Waals surface area contributed by atoms with Crippen LogP contribution in [0.15, 0.2) is 48.5 Å². The zero-order valence-corrected chi connectivity index (χ0v) is 19.0. The number of para-hydroxylation sites is 1. The molecule has 0 aliphatic rings. The van der Waals surface area contributed by atoms with Gasteiger partial charge < -0.3 is 19.5 Å². The zero-order chi connectivity index (χ0) is 23.3. The second-order valence-corrected chi connectivity index (χ2v) is 7.82. The number of ether oxygens (including phenoxy) is 3. The van der Waals surface area contributed by atoms with E-state index >= 15 is 0 Å². The Morgan fingerprint density at radius 3 is 2.38 bits per heavy atom. The van der Waals surface area contributed by atoms with Gasteiger partial charge in [-0.2, -0.15) is 0 Å². The molecule has 7 heteroatoms. The SMILES string of the molecule is COc1ccc(-c2cc(C(=O)OCC(=O)NC(C)C(C)C)c3ccccc3n2)cc1OC. The maximum Gasteiger partial charge on any atom is 0.339 e. The zero-order valence-electron chi connectivity index (χ0n) is 19.0. The van der Waals surface area contributed by atoms with Crippen LogP contribution < -0.4 is 14.8 Å². The average Bonchev–Trinajstić information content (AvgIpc) is 2.81. The first-order valence-corrected chi connectivity index (χ1v) is 10.4. The number of methoxy groups -OCH3 is 2. The van der Waals surface area contributed by atoms with Crippen molar-refractivity contribution in [3.8, 4) is 22.8 Å². The third-order valence-corrected chi connectivity index (χ3v) is 5.34. The van der Waals surface area contributed by atoms with Crippen molar-refractivity contribution in [3.63, 3.8) is 0 Å². The number of hydrogen-bond donors (Lipinski definition) is 1. The van der Waals surface area contributed by atoms with Crippen molar-refractivity contribution < 1.29 is 23.8 Å². The lowest BCUT2D eigenvalue weighted by molar-refractivity contribution is -0.125. The van der Waals surface area contributed by atoms with Crippen molar-refractivity contribution >= 4 is 22.8 Å². The van der Waals surface area contributed by atoms with Gasteiger partial charge >= 0.3 is 5.97 Å². The van der Waals surface area contributed by atoms with Gasteiger partial charge in [0.15, 0.2) is 18.1 Å². The number of carbonyl (C=O) groups is 2. The van der Waals surface area contributed by atoms with E-state index < -0.39 is 5.97 Å². The Labute approximate surface area is 187 Å². The lowest BCUT2D eigenvalue weighted by Gasteiger charge is -2.17. The average molecular weight is 437 g/mol. The molecule has 1 N–H and O–H groups in total. The Bertz CT molecular complexity index is 1130. The van der Waals surface area contributed by atoms with Gasteiger partial charge in [0.2, 0.25) is 0 Å². The molecular weight excluding hydrogens is 408 g/mol. The molecule has 2 aromatic carbocycles. The highest BCUT2D eigenvalue weighted by atomic mass is 16.5. The number of rotatable bonds is 8. The van der Waals surface area contributed by atoms with E-state index in [4.69, 9.17) is 14.2 Å². The minimum absolute atomic E-state index is 0.0142. The topological polar surface area (TPSA) is 86.8 Å². The maximum atomic E-state index is 12.9. The molecule has 7 nitrogen and oxygen atoms in total. The minimum atomic E-state index is -0.585. The lowest BCUT2D eigenvalue weighted by Crippen LogP contribution is -2.38. The fraction of sp³-hybridized carbons (Fsp3) is 0.320. The summed E-state index contributed by atoms with van der Waals surface area (Å²) in [4.78, 5) is 29.8. The first-order chi connectivity index (χ1) is 15.3. The van der Waals surface area contributed by atoms with E-state index in [0.717, 1.165) is 5.56 Å². The summed E-state index contributed by atoms with van der Waals surface area (Å²) in [6, 6.07) is 14.4. The van der Waals surface area contributed by atoms with Gasteiger partial charge in [0.25, 0.3) is 5.91 Å². The van der Waals surface area contributed by atoms with Crippen LogP contribution in [-0.4, -0.2) is 43.7 Å². The molecule has 0 fully saturated rings. The molecule has 1 atom stereocenters. The Morgan fingerprint density at radius 2 is 1.69 bits per heavy atom. The van der Waals surface area contributed by atoms with Crippen LogP contribution >= 0.6 is 0 Å². The lowest BCUT2D eigenvalue weighted by atomic mass is 10.0. The molecule has 1 aromatic heterocycles. The van der Waals surface area contributed by atoms with E-state index in [-0.39, 0.29) is 24.5 Å². The Balaban J connectivity index is 1.92. The molecular formula is C25H28N2O5. The monoisotopic (exact) mass is 436 g/mol. The van der Waals surface area contributed by atoms with E-state index in [1.807, 2.05) is 45.0 Å². The van der Waals surface area contributed by atoms with Crippen LogP contribution in [0.1, 0.15) is 31.1 Å². The van der Waals surface area contributed by atoms with Gasteiger partial charge in [0.1, 0.15) is 0 Å². The van der Waals surface area contributed by atoms with E-state index in [1.165, 1.54) is 0 Å². The van der Waals surface area contributed by atoms with Crippen LogP contribution in [0.3, 0.4) is 0 Å². The molecule has 0 aliphatic carbocycles. The third-order valence-electron chi connectivity index (χ3n) is 5.34. The fourth-order valence-electron chi connectivity index (χ4n) is 3.16. The number of amides is 1. The fourth-order valence-corrected chi connectivity index (χ4v) is 3.16. The summed E-state index contributed by atoms with van der Waals surface area (Å²) in [5.41, 5.74) is 2.31. The van der Waals surface area contributed by atoms with Crippen LogP contribution in [0.2, 0.25) is 0 Å². The number of nitrogens with one attached hydrogen (secondary N) is 1. The van der Waals surface area contributed by atoms with E-state index in [2.05, 4.69) is 10.3 Å². The van der Waals surface area contributed by atoms with Crippen molar-refractivity contribution in [1.82, 2.24) is 10.3 Å². The van der Waals surface area contributed by atoms with Gasteiger partial charge in [-0.3, -0.25) is 4.79 Å². The van der Waals surface area contributed by atoms with Gasteiger partial charge in [-0.15, -0.1) is 0 Å². The van der Waals surface area contributed by atoms with Crippen molar-refractivity contribution in [2.24, 2.45) is 5.92 Å². The molecule has 0 radical (unpaired) electrons. The highest BCUT2D eigenvalue weighted by Crippen LogP contribution is 2.33. The van der Waals surface area contributed by atoms with Crippen LogP contribution in [-0.2, 0) is 9.53 Å². The van der Waals surface area contributed by atoms with E-state index in [1.54, 1.807) is 38.5 Å². The summed E-state index contributed by atoms with van der Waals surface area (Å²) in [7, 11) is 3.13. The third kappa shape index (κ3) is 5.17. The van der Waals surface area contributed by atoms with Crippen molar-refractivity contribution in [1.29, 1.82) is 0 Å². The van der Waals surface area contributed by atoms with Gasteiger partial charge in [-0.1, -0.05) is 32.0 Å². The highest BCUT2D eigenvalue weighted by Gasteiger charge is 2.18. The van der Waals surface area contributed by atoms with Crippen molar-refractivity contribution in [3.05, 3.63) is 54.1 Å². The molecule has 0 bridgehead atoms. The van der Waals surface area contributed by atoms with Gasteiger partial charge in [-0.25, -0.2) is 9.78 Å². The Morgan fingerprint density at radius 1 is 0.969 bits per heavy atom. The van der Waals surface area contributed by atoms with Crippen LogP contribution in [0.4, 0.5) is 0 Å². The van der Waals surface area contributed by atoms with E-state index in [9.17, 15) is 9.59 Å². The number of hydrogen-bond acceptors (Lipinski definition) is 6. The standard InChI is InChI=1S/C25H28N2O5/c1-15(2)16(3)26-24(28)14-32-25(29)19-13-21(27-20-9-7-6-8-18(19)20)17-10-11-22(30-4)23(12-17)31-5/h6-13,15-16H,14H2,1-5H3,(H,26,28). The molecule has 0 saturated heterocycles. The van der Waals surface area contributed by atoms with Crippen molar-refractivity contribution in [2.75, 3.05) is 20.8 Å². The molecule has 0 spiro atoms. The number of pyridine rings is 1. The predicted molar refractivity (Wildman–Crippen MR) is 123 cm³/mol. The normalized spacial score (nSPS) is 11.8. The molecule has 1 amide bonds. The van der Waals surface area contributed by atoms with Crippen LogP contribution in [0.25, 0.3) is 22.2 Å². The number of esters is 1. The van der Waals surface area contributed by atoms with Gasteiger partial charge in [-0.05, 0) is 43.2 Å². The Kier molecular flexibility index (Phi) is 7.30. The summed E-state index contributed by atoms with van der Waals surface area (Å²) in [6.45, 7) is 5.58. The van der Waals surface area contributed by atoms with E-state index in [0.29, 0.717) is 33.7 Å². The quantitative estimate of drug-likeness (QED) is 0.532. The number of carbonyl (C=O) groups excluding carboxylic acids is 2. The summed E-state index contributed by atoms with van der Waals surface area (Å²) in [5.74, 6) is 0.511. The van der Waals surface area contributed by atoms with Crippen LogP contribution in [0.5, 0.6) is 11.5 Å². The van der Waals surface area contributed by atoms with Gasteiger partial charge in [0, 0.05) is 17.0 Å². The largest absolute Gasteiger partial charge is 0.493 e. The minimum Gasteiger partial charge on any atom is -0.493 e. The molecule has 168 valence electrons. The smallest absolute Gasteiger partial charge is 0.339 e. The molecule has 0 aliphatic heterocycles. The second-order valence-electron chi connectivity index (χ2n) is 7.82. The number of aromatic nitrogens is 1. The van der Waals surface area contributed by atoms with Crippen molar-refractivity contribution in [2.45, 2.75) is 26.8 Å². The number of benzene rings is 2. The molecule has 3 rings (SSSR count). The molecule has 3 aromatic rings. The number of nitrogens with zero attached hydrogens (tertiary/aromatic N) is 1. The first-order valence-electron chi connectivity index (χ1n) is 10.4.